The Labute approximate surface area is 157 Å². The molecule has 1 atom stereocenters. The Morgan fingerprint density at radius 1 is 1.19 bits per heavy atom. The van der Waals surface area contributed by atoms with Crippen LogP contribution in [0.1, 0.15) is 23.2 Å². The molecule has 7 nitrogen and oxygen atoms in total. The summed E-state index contributed by atoms with van der Waals surface area (Å²) in [6, 6.07) is 10.5. The fourth-order valence-electron chi connectivity index (χ4n) is 3.67. The van der Waals surface area contributed by atoms with Gasteiger partial charge in [-0.15, -0.1) is 0 Å². The number of methoxy groups -OCH3 is 2. The first-order chi connectivity index (χ1) is 13.1. The fourth-order valence-corrected chi connectivity index (χ4v) is 3.67. The largest absolute Gasteiger partial charge is 0.497 e. The van der Waals surface area contributed by atoms with Crippen LogP contribution in [-0.2, 0) is 4.79 Å². The van der Waals surface area contributed by atoms with Crippen LogP contribution in [0.15, 0.2) is 36.4 Å². The molecule has 0 saturated carbocycles. The van der Waals surface area contributed by atoms with E-state index in [4.69, 9.17) is 9.47 Å². The topological polar surface area (TPSA) is 79.9 Å². The highest BCUT2D eigenvalue weighted by atomic mass is 16.5. The molecule has 1 fully saturated rings. The molecule has 0 unspecified atom stereocenters. The number of hydrogen-bond donors (Lipinski definition) is 2. The van der Waals surface area contributed by atoms with Gasteiger partial charge in [0.2, 0.25) is 5.91 Å². The highest BCUT2D eigenvalue weighted by Gasteiger charge is 2.36. The van der Waals surface area contributed by atoms with E-state index in [0.717, 1.165) is 25.1 Å². The first kappa shape index (κ1) is 17.2. The number of carbonyl (C=O) groups is 2. The third-order valence-corrected chi connectivity index (χ3v) is 5.04. The van der Waals surface area contributed by atoms with E-state index in [2.05, 4.69) is 15.5 Å². The van der Waals surface area contributed by atoms with Gasteiger partial charge in [0.25, 0.3) is 5.91 Å². The van der Waals surface area contributed by atoms with Crippen LogP contribution >= 0.6 is 0 Å². The highest BCUT2D eigenvalue weighted by Crippen LogP contribution is 2.37. The Hall–Kier alpha value is -3.22. The van der Waals surface area contributed by atoms with E-state index in [-0.39, 0.29) is 17.9 Å². The summed E-state index contributed by atoms with van der Waals surface area (Å²) in [6.07, 6.45) is 1.86. The van der Waals surface area contributed by atoms with Crippen molar-refractivity contribution in [2.75, 3.05) is 36.3 Å². The van der Waals surface area contributed by atoms with E-state index in [1.54, 1.807) is 37.4 Å². The van der Waals surface area contributed by atoms with Crippen LogP contribution in [-0.4, -0.2) is 38.6 Å². The zero-order valence-corrected chi connectivity index (χ0v) is 15.2. The van der Waals surface area contributed by atoms with Crippen LogP contribution in [0.5, 0.6) is 11.5 Å². The van der Waals surface area contributed by atoms with Crippen molar-refractivity contribution in [1.82, 2.24) is 0 Å². The lowest BCUT2D eigenvalue weighted by Gasteiger charge is -2.33. The first-order valence-electron chi connectivity index (χ1n) is 8.85. The van der Waals surface area contributed by atoms with Crippen LogP contribution in [0.2, 0.25) is 0 Å². The molecule has 2 aliphatic heterocycles. The number of carbonyl (C=O) groups excluding carboxylic acids is 2. The predicted molar refractivity (Wildman–Crippen MR) is 103 cm³/mol. The highest BCUT2D eigenvalue weighted by molar-refractivity contribution is 6.09. The van der Waals surface area contributed by atoms with E-state index in [0.29, 0.717) is 28.4 Å². The summed E-state index contributed by atoms with van der Waals surface area (Å²) in [5, 5.41) is 5.77. The molecule has 2 N–H and O–H groups in total. The lowest BCUT2D eigenvalue weighted by molar-refractivity contribution is -0.117. The van der Waals surface area contributed by atoms with E-state index in [1.165, 1.54) is 7.11 Å². The fraction of sp³-hybridized carbons (Fsp3) is 0.300. The Morgan fingerprint density at radius 2 is 2.04 bits per heavy atom. The first-order valence-corrected chi connectivity index (χ1v) is 8.85. The van der Waals surface area contributed by atoms with E-state index >= 15 is 0 Å². The van der Waals surface area contributed by atoms with E-state index in [1.807, 2.05) is 6.07 Å². The molecule has 2 heterocycles. The van der Waals surface area contributed by atoms with Crippen molar-refractivity contribution in [3.05, 3.63) is 42.0 Å². The number of fused-ring (bicyclic) bond motifs is 3. The Morgan fingerprint density at radius 3 is 2.81 bits per heavy atom. The van der Waals surface area contributed by atoms with Gasteiger partial charge >= 0.3 is 0 Å². The lowest BCUT2D eigenvalue weighted by Crippen LogP contribution is -2.43. The third-order valence-electron chi connectivity index (χ3n) is 5.04. The van der Waals surface area contributed by atoms with Gasteiger partial charge in [0.1, 0.15) is 17.5 Å². The minimum absolute atomic E-state index is 0.00520. The van der Waals surface area contributed by atoms with Gasteiger partial charge in [-0.25, -0.2) is 0 Å². The van der Waals surface area contributed by atoms with Gasteiger partial charge in [0, 0.05) is 18.2 Å². The van der Waals surface area contributed by atoms with Gasteiger partial charge in [0.15, 0.2) is 0 Å². The Bertz CT molecular complexity index is 912. The molecule has 2 aromatic rings. The van der Waals surface area contributed by atoms with Gasteiger partial charge in [-0.2, -0.15) is 0 Å². The molecule has 1 saturated heterocycles. The minimum Gasteiger partial charge on any atom is -0.497 e. The van der Waals surface area contributed by atoms with Crippen molar-refractivity contribution in [2.24, 2.45) is 0 Å². The summed E-state index contributed by atoms with van der Waals surface area (Å²) in [4.78, 5) is 27.1. The molecule has 4 rings (SSSR count). The van der Waals surface area contributed by atoms with Crippen molar-refractivity contribution >= 4 is 28.9 Å². The predicted octanol–water partition coefficient (Wildman–Crippen LogP) is 2.88. The maximum atomic E-state index is 12.7. The molecule has 2 aromatic carbocycles. The molecule has 0 spiro atoms. The SMILES string of the molecule is COc1ccc(NC(=O)c2ccc3c(c2)NC(=O)[C@H]2CCCN32)c(OC)c1. The number of nitrogens with zero attached hydrogens (tertiary/aromatic N) is 1. The van der Waals surface area contributed by atoms with Crippen LogP contribution in [0.4, 0.5) is 17.1 Å². The summed E-state index contributed by atoms with van der Waals surface area (Å²) in [6.45, 7) is 0.861. The average molecular weight is 367 g/mol. The summed E-state index contributed by atoms with van der Waals surface area (Å²) < 4.78 is 10.5. The number of anilines is 3. The second-order valence-corrected chi connectivity index (χ2v) is 6.59. The van der Waals surface area contributed by atoms with Crippen molar-refractivity contribution in [3.63, 3.8) is 0 Å². The van der Waals surface area contributed by atoms with Gasteiger partial charge < -0.3 is 25.0 Å². The lowest BCUT2D eigenvalue weighted by atomic mass is 10.1. The molecule has 0 radical (unpaired) electrons. The zero-order valence-electron chi connectivity index (χ0n) is 15.2. The third kappa shape index (κ3) is 3.05. The summed E-state index contributed by atoms with van der Waals surface area (Å²) in [5.74, 6) is 0.865. The Kier molecular flexibility index (Phi) is 4.35. The number of amides is 2. The van der Waals surface area contributed by atoms with Crippen LogP contribution < -0.4 is 25.0 Å². The monoisotopic (exact) mass is 367 g/mol. The maximum Gasteiger partial charge on any atom is 0.255 e. The normalized spacial score (nSPS) is 17.6. The smallest absolute Gasteiger partial charge is 0.255 e. The van der Waals surface area contributed by atoms with Crippen molar-refractivity contribution in [3.8, 4) is 11.5 Å². The number of hydrogen-bond acceptors (Lipinski definition) is 5. The number of ether oxygens (including phenoxy) is 2. The molecule has 0 bridgehead atoms. The molecule has 0 aromatic heterocycles. The van der Waals surface area contributed by atoms with Crippen molar-refractivity contribution < 1.29 is 19.1 Å². The second-order valence-electron chi connectivity index (χ2n) is 6.59. The van der Waals surface area contributed by atoms with Crippen LogP contribution in [0, 0.1) is 0 Å². The zero-order chi connectivity index (χ0) is 19.0. The number of rotatable bonds is 4. The summed E-state index contributed by atoms with van der Waals surface area (Å²) in [5.41, 5.74) is 2.65. The second kappa shape index (κ2) is 6.83. The van der Waals surface area contributed by atoms with Gasteiger partial charge in [-0.05, 0) is 43.2 Å². The molecule has 2 amide bonds. The molecule has 140 valence electrons. The Balaban J connectivity index is 1.59. The molecule has 0 aliphatic carbocycles. The van der Waals surface area contributed by atoms with Gasteiger partial charge in [-0.3, -0.25) is 9.59 Å². The van der Waals surface area contributed by atoms with E-state index in [9.17, 15) is 9.59 Å². The molecule has 7 heteroatoms. The minimum atomic E-state index is -0.279. The van der Waals surface area contributed by atoms with Crippen LogP contribution in [0.25, 0.3) is 0 Å². The van der Waals surface area contributed by atoms with Crippen molar-refractivity contribution in [1.29, 1.82) is 0 Å². The molecule has 2 aliphatic rings. The molecule has 27 heavy (non-hydrogen) atoms. The quantitative estimate of drug-likeness (QED) is 0.869. The standard InChI is InChI=1S/C20H21N3O4/c1-26-13-6-7-14(18(11-13)27-2)21-19(24)12-5-8-16-15(10-12)22-20(25)17-4-3-9-23(16)17/h5-8,10-11,17H,3-4,9H2,1-2H3,(H,21,24)(H,22,25)/t17-/m1/s1. The summed E-state index contributed by atoms with van der Waals surface area (Å²) in [7, 11) is 3.10. The number of nitrogens with one attached hydrogen (secondary N) is 2. The summed E-state index contributed by atoms with van der Waals surface area (Å²) >= 11 is 0. The average Bonchev–Trinajstić information content (AvgIpc) is 3.18. The maximum absolute atomic E-state index is 12.7. The van der Waals surface area contributed by atoms with Crippen molar-refractivity contribution in [2.45, 2.75) is 18.9 Å². The molecular weight excluding hydrogens is 346 g/mol. The van der Waals surface area contributed by atoms with Gasteiger partial charge in [-0.1, -0.05) is 0 Å². The molecular formula is C20H21N3O4. The van der Waals surface area contributed by atoms with Crippen LogP contribution in [0.3, 0.4) is 0 Å². The number of benzene rings is 2. The van der Waals surface area contributed by atoms with E-state index < -0.39 is 0 Å². The van der Waals surface area contributed by atoms with Gasteiger partial charge in [0.05, 0.1) is 31.3 Å².